The third kappa shape index (κ3) is 2.94. The maximum Gasteiger partial charge on any atom is 0.243 e. The van der Waals surface area contributed by atoms with Gasteiger partial charge in [-0.25, -0.2) is 9.37 Å². The lowest BCUT2D eigenvalue weighted by Crippen LogP contribution is -2.20. The summed E-state index contributed by atoms with van der Waals surface area (Å²) in [4.78, 5) is 14.5. The number of primary amides is 1. The number of nitrogens with zero attached hydrogens (tertiary/aromatic N) is 2. The van der Waals surface area contributed by atoms with E-state index < -0.39 is 11.7 Å². The van der Waals surface area contributed by atoms with Crippen molar-refractivity contribution in [3.05, 3.63) is 23.0 Å². The molecule has 0 bridgehead atoms. The van der Waals surface area contributed by atoms with Crippen molar-refractivity contribution in [1.29, 1.82) is 0 Å². The molecule has 0 saturated carbocycles. The van der Waals surface area contributed by atoms with E-state index in [2.05, 4.69) is 4.98 Å². The van der Waals surface area contributed by atoms with E-state index in [1.54, 1.807) is 4.57 Å². The van der Waals surface area contributed by atoms with Crippen LogP contribution in [0.25, 0.3) is 11.0 Å². The Labute approximate surface area is 113 Å². The van der Waals surface area contributed by atoms with Gasteiger partial charge in [-0.05, 0) is 6.07 Å². The van der Waals surface area contributed by atoms with Gasteiger partial charge in [0, 0.05) is 12.6 Å². The maximum absolute atomic E-state index is 13.3. The number of hydrogen-bond donors (Lipinski definition) is 2. The highest BCUT2D eigenvalue weighted by molar-refractivity contribution is 6.31. The van der Waals surface area contributed by atoms with E-state index in [9.17, 15) is 9.18 Å². The predicted molar refractivity (Wildman–Crippen MR) is 69.1 cm³/mol. The molecule has 0 atom stereocenters. The number of carbonyl (C=O) groups excluding carboxylic acids is 1. The van der Waals surface area contributed by atoms with Crippen LogP contribution in [0.1, 0.15) is 0 Å². The van der Waals surface area contributed by atoms with Crippen molar-refractivity contribution in [3.63, 3.8) is 0 Å². The fraction of sp³-hybridized carbons (Fsp3) is 0.273. The number of carbonyl (C=O) groups is 1. The molecule has 1 aromatic heterocycles. The van der Waals surface area contributed by atoms with Gasteiger partial charge in [-0.1, -0.05) is 11.6 Å². The van der Waals surface area contributed by atoms with Crippen LogP contribution in [0.3, 0.4) is 0 Å². The average Bonchev–Trinajstić information content (AvgIpc) is 2.61. The van der Waals surface area contributed by atoms with E-state index in [1.165, 1.54) is 12.1 Å². The lowest BCUT2D eigenvalue weighted by Gasteiger charge is -2.06. The van der Waals surface area contributed by atoms with E-state index in [-0.39, 0.29) is 24.2 Å². The smallest absolute Gasteiger partial charge is 0.243 e. The number of aromatic nitrogens is 2. The Balaban J connectivity index is 2.20. The molecule has 0 saturated heterocycles. The molecular weight excluding hydrogens is 275 g/mol. The number of imidazole rings is 1. The number of halogens is 2. The van der Waals surface area contributed by atoms with E-state index in [1.807, 2.05) is 0 Å². The molecule has 2 rings (SSSR count). The second kappa shape index (κ2) is 5.41. The second-order valence-electron chi connectivity index (χ2n) is 3.90. The first kappa shape index (κ1) is 13.6. The van der Waals surface area contributed by atoms with Crippen molar-refractivity contribution in [2.45, 2.75) is 6.54 Å². The standard InChI is InChI=1S/C11H12ClFN4O2/c12-6-3-9-8(4-7(6)13)16-11(15)17(9)1-2-19-5-10(14)18/h3-4H,1-2,5H2,(H2,14,18)(H2,15,16). The van der Waals surface area contributed by atoms with Gasteiger partial charge in [-0.15, -0.1) is 0 Å². The molecule has 8 heteroatoms. The van der Waals surface area contributed by atoms with Crippen molar-refractivity contribution in [2.75, 3.05) is 18.9 Å². The lowest BCUT2D eigenvalue weighted by molar-refractivity contribution is -0.122. The highest BCUT2D eigenvalue weighted by atomic mass is 35.5. The van der Waals surface area contributed by atoms with Crippen LogP contribution in [0, 0.1) is 5.82 Å². The summed E-state index contributed by atoms with van der Waals surface area (Å²) in [7, 11) is 0. The van der Waals surface area contributed by atoms with E-state index in [0.29, 0.717) is 17.6 Å². The summed E-state index contributed by atoms with van der Waals surface area (Å²) in [5, 5.41) is -0.00768. The van der Waals surface area contributed by atoms with E-state index >= 15 is 0 Å². The predicted octanol–water partition coefficient (Wildman–Crippen LogP) is 0.913. The number of anilines is 1. The number of nitrogens with two attached hydrogens (primary N) is 2. The monoisotopic (exact) mass is 286 g/mol. The number of amides is 1. The Morgan fingerprint density at radius 3 is 2.95 bits per heavy atom. The molecule has 0 aliphatic carbocycles. The summed E-state index contributed by atoms with van der Waals surface area (Å²) in [5.41, 5.74) is 11.7. The molecule has 6 nitrogen and oxygen atoms in total. The maximum atomic E-state index is 13.3. The lowest BCUT2D eigenvalue weighted by atomic mass is 10.3. The van der Waals surface area contributed by atoms with Crippen molar-refractivity contribution in [3.8, 4) is 0 Å². The zero-order valence-electron chi connectivity index (χ0n) is 9.90. The van der Waals surface area contributed by atoms with Gasteiger partial charge >= 0.3 is 0 Å². The summed E-state index contributed by atoms with van der Waals surface area (Å²) >= 11 is 5.72. The zero-order valence-corrected chi connectivity index (χ0v) is 10.7. The highest BCUT2D eigenvalue weighted by Gasteiger charge is 2.11. The summed E-state index contributed by atoms with van der Waals surface area (Å²) in [6, 6.07) is 2.67. The molecule has 19 heavy (non-hydrogen) atoms. The van der Waals surface area contributed by atoms with Gasteiger partial charge in [0.1, 0.15) is 12.4 Å². The van der Waals surface area contributed by atoms with Crippen molar-refractivity contribution in [1.82, 2.24) is 9.55 Å². The molecule has 0 radical (unpaired) electrons. The minimum atomic E-state index is -0.552. The summed E-state index contributed by atoms with van der Waals surface area (Å²) in [5.74, 6) is -0.878. The Bertz CT molecular complexity index is 629. The van der Waals surface area contributed by atoms with Crippen LogP contribution < -0.4 is 11.5 Å². The summed E-state index contributed by atoms with van der Waals surface area (Å²) in [6.45, 7) is 0.424. The number of ether oxygens (including phenoxy) is 1. The topological polar surface area (TPSA) is 96.2 Å². The molecule has 0 spiro atoms. The van der Waals surface area contributed by atoms with Crippen LogP contribution in [-0.2, 0) is 16.1 Å². The number of benzene rings is 1. The Hall–Kier alpha value is -1.86. The highest BCUT2D eigenvalue weighted by Crippen LogP contribution is 2.24. The van der Waals surface area contributed by atoms with E-state index in [4.69, 9.17) is 27.8 Å². The molecule has 0 aliphatic rings. The first-order chi connectivity index (χ1) is 8.99. The van der Waals surface area contributed by atoms with Crippen LogP contribution in [0.5, 0.6) is 0 Å². The van der Waals surface area contributed by atoms with Crippen LogP contribution in [0.4, 0.5) is 10.3 Å². The van der Waals surface area contributed by atoms with E-state index in [0.717, 1.165) is 0 Å². The van der Waals surface area contributed by atoms with Crippen molar-refractivity contribution < 1.29 is 13.9 Å². The minimum absolute atomic E-state index is 0.00768. The number of rotatable bonds is 5. The van der Waals surface area contributed by atoms with Crippen LogP contribution in [0.2, 0.25) is 5.02 Å². The van der Waals surface area contributed by atoms with Gasteiger partial charge in [-0.2, -0.15) is 0 Å². The van der Waals surface area contributed by atoms with Gasteiger partial charge in [0.2, 0.25) is 11.9 Å². The zero-order chi connectivity index (χ0) is 14.0. The fourth-order valence-corrected chi connectivity index (χ4v) is 1.86. The number of fused-ring (bicyclic) bond motifs is 1. The van der Waals surface area contributed by atoms with Gasteiger partial charge in [0.05, 0.1) is 22.7 Å². The van der Waals surface area contributed by atoms with Crippen molar-refractivity contribution >= 4 is 34.5 Å². The molecule has 4 N–H and O–H groups in total. The Kier molecular flexibility index (Phi) is 3.87. The largest absolute Gasteiger partial charge is 0.370 e. The molecular formula is C11H12ClFN4O2. The first-order valence-corrected chi connectivity index (χ1v) is 5.83. The Morgan fingerprint density at radius 1 is 1.53 bits per heavy atom. The second-order valence-corrected chi connectivity index (χ2v) is 4.30. The average molecular weight is 287 g/mol. The SMILES string of the molecule is NC(=O)COCCn1c(N)nc2cc(F)c(Cl)cc21. The van der Waals surface area contributed by atoms with Crippen LogP contribution in [-0.4, -0.2) is 28.7 Å². The molecule has 1 aromatic carbocycles. The molecule has 0 aliphatic heterocycles. The van der Waals surface area contributed by atoms with Gasteiger partial charge in [-0.3, -0.25) is 4.79 Å². The fourth-order valence-electron chi connectivity index (χ4n) is 1.70. The molecule has 0 fully saturated rings. The van der Waals surface area contributed by atoms with Gasteiger partial charge in [0.15, 0.2) is 0 Å². The normalized spacial score (nSPS) is 11.1. The molecule has 102 valence electrons. The number of nitrogen functional groups attached to an aromatic ring is 1. The van der Waals surface area contributed by atoms with Gasteiger partial charge < -0.3 is 20.8 Å². The molecule has 2 aromatic rings. The summed E-state index contributed by atoms with van der Waals surface area (Å²) in [6.07, 6.45) is 0. The number of hydrogen-bond acceptors (Lipinski definition) is 4. The van der Waals surface area contributed by atoms with Crippen LogP contribution >= 0.6 is 11.6 Å². The van der Waals surface area contributed by atoms with Crippen molar-refractivity contribution in [2.24, 2.45) is 5.73 Å². The van der Waals surface area contributed by atoms with Crippen LogP contribution in [0.15, 0.2) is 12.1 Å². The first-order valence-electron chi connectivity index (χ1n) is 5.46. The third-order valence-electron chi connectivity index (χ3n) is 2.52. The molecule has 1 heterocycles. The minimum Gasteiger partial charge on any atom is -0.370 e. The van der Waals surface area contributed by atoms with Gasteiger partial charge in [0.25, 0.3) is 0 Å². The summed E-state index contributed by atoms with van der Waals surface area (Å²) < 4.78 is 20.0. The quantitative estimate of drug-likeness (QED) is 0.799. The molecule has 0 unspecified atom stereocenters. The third-order valence-corrected chi connectivity index (χ3v) is 2.81. The molecule has 1 amide bonds. The Morgan fingerprint density at radius 2 is 2.26 bits per heavy atom.